The van der Waals surface area contributed by atoms with E-state index in [2.05, 4.69) is 5.32 Å². The molecule has 1 N–H and O–H groups in total. The third-order valence-electron chi connectivity index (χ3n) is 3.97. The smallest absolute Gasteiger partial charge is 0.414 e. The number of ether oxygens (including phenoxy) is 2. The number of nitrogens with zero attached hydrogens (tertiary/aromatic N) is 1. The molecule has 0 spiro atoms. The third-order valence-corrected chi connectivity index (χ3v) is 3.97. The van der Waals surface area contributed by atoms with Gasteiger partial charge in [0.25, 0.3) is 17.7 Å². The highest BCUT2D eigenvalue weighted by molar-refractivity contribution is 6.21. The molecule has 0 radical (unpaired) electrons. The summed E-state index contributed by atoms with van der Waals surface area (Å²) in [6.45, 7) is -0.337. The first-order valence-electron chi connectivity index (χ1n) is 8.08. The minimum Gasteiger partial charge on any atom is -0.497 e. The normalized spacial score (nSPS) is 12.6. The SMILES string of the molecule is COc1cccc(C(=O)NC(=O)OCCN2C(=O)c3ccccc3C2=O)c1. The van der Waals surface area contributed by atoms with Gasteiger partial charge in [-0.2, -0.15) is 0 Å². The number of imide groups is 2. The lowest BCUT2D eigenvalue weighted by Gasteiger charge is -2.13. The minimum atomic E-state index is -0.973. The lowest BCUT2D eigenvalue weighted by molar-refractivity contribution is 0.0599. The molecule has 8 nitrogen and oxygen atoms in total. The second-order valence-corrected chi connectivity index (χ2v) is 5.63. The molecule has 0 atom stereocenters. The van der Waals surface area contributed by atoms with Crippen molar-refractivity contribution in [1.82, 2.24) is 10.2 Å². The van der Waals surface area contributed by atoms with Gasteiger partial charge in [-0.3, -0.25) is 24.6 Å². The molecule has 1 aliphatic rings. The van der Waals surface area contributed by atoms with Crippen LogP contribution in [0.15, 0.2) is 48.5 Å². The number of carbonyl (C=O) groups is 4. The van der Waals surface area contributed by atoms with Crippen LogP contribution in [0.3, 0.4) is 0 Å². The van der Waals surface area contributed by atoms with E-state index in [4.69, 9.17) is 9.47 Å². The van der Waals surface area contributed by atoms with Crippen molar-refractivity contribution in [1.29, 1.82) is 0 Å². The van der Waals surface area contributed by atoms with Gasteiger partial charge in [-0.05, 0) is 30.3 Å². The molecule has 138 valence electrons. The summed E-state index contributed by atoms with van der Waals surface area (Å²) in [4.78, 5) is 49.2. The zero-order chi connectivity index (χ0) is 19.4. The summed E-state index contributed by atoms with van der Waals surface area (Å²) in [5, 5.41) is 2.07. The zero-order valence-electron chi connectivity index (χ0n) is 14.4. The van der Waals surface area contributed by atoms with E-state index < -0.39 is 23.8 Å². The third kappa shape index (κ3) is 3.79. The summed E-state index contributed by atoms with van der Waals surface area (Å²) in [6.07, 6.45) is -0.973. The number of fused-ring (bicyclic) bond motifs is 1. The van der Waals surface area contributed by atoms with E-state index in [1.165, 1.54) is 19.2 Å². The lowest BCUT2D eigenvalue weighted by atomic mass is 10.1. The van der Waals surface area contributed by atoms with E-state index in [9.17, 15) is 19.2 Å². The van der Waals surface area contributed by atoms with Gasteiger partial charge in [0.15, 0.2) is 0 Å². The Morgan fingerprint density at radius 3 is 2.30 bits per heavy atom. The van der Waals surface area contributed by atoms with Crippen LogP contribution in [-0.2, 0) is 4.74 Å². The number of hydrogen-bond donors (Lipinski definition) is 1. The van der Waals surface area contributed by atoms with Crippen molar-refractivity contribution in [2.24, 2.45) is 0 Å². The van der Waals surface area contributed by atoms with Crippen molar-refractivity contribution in [3.05, 3.63) is 65.2 Å². The topological polar surface area (TPSA) is 102 Å². The van der Waals surface area contributed by atoms with Crippen molar-refractivity contribution in [2.75, 3.05) is 20.3 Å². The number of hydrogen-bond acceptors (Lipinski definition) is 6. The number of rotatable bonds is 5. The van der Waals surface area contributed by atoms with Crippen molar-refractivity contribution in [2.45, 2.75) is 0 Å². The number of alkyl carbamates (subject to hydrolysis) is 1. The molecule has 2 aromatic carbocycles. The Morgan fingerprint density at radius 1 is 1.00 bits per heavy atom. The average Bonchev–Trinajstić information content (AvgIpc) is 2.93. The van der Waals surface area contributed by atoms with Crippen LogP contribution >= 0.6 is 0 Å². The number of methoxy groups -OCH3 is 1. The van der Waals surface area contributed by atoms with E-state index >= 15 is 0 Å². The second-order valence-electron chi connectivity index (χ2n) is 5.63. The van der Waals surface area contributed by atoms with Crippen molar-refractivity contribution >= 4 is 23.8 Å². The molecule has 27 heavy (non-hydrogen) atoms. The van der Waals surface area contributed by atoms with Gasteiger partial charge in [-0.15, -0.1) is 0 Å². The molecular formula is C19H16N2O6. The molecule has 0 fully saturated rings. The number of amides is 4. The van der Waals surface area contributed by atoms with Crippen molar-refractivity contribution in [3.63, 3.8) is 0 Å². The highest BCUT2D eigenvalue weighted by Gasteiger charge is 2.34. The van der Waals surface area contributed by atoms with Crippen LogP contribution in [-0.4, -0.2) is 49.0 Å². The first kappa shape index (κ1) is 18.1. The number of benzene rings is 2. The molecule has 4 amide bonds. The van der Waals surface area contributed by atoms with E-state index in [0.717, 1.165) is 4.90 Å². The van der Waals surface area contributed by atoms with Gasteiger partial charge in [0.2, 0.25) is 0 Å². The van der Waals surface area contributed by atoms with Gasteiger partial charge in [-0.1, -0.05) is 18.2 Å². The molecular weight excluding hydrogens is 352 g/mol. The maximum Gasteiger partial charge on any atom is 0.414 e. The monoisotopic (exact) mass is 368 g/mol. The molecule has 3 rings (SSSR count). The molecule has 2 aromatic rings. The quantitative estimate of drug-likeness (QED) is 0.808. The van der Waals surface area contributed by atoms with E-state index in [1.807, 2.05) is 0 Å². The Bertz CT molecular complexity index is 889. The lowest BCUT2D eigenvalue weighted by Crippen LogP contribution is -2.36. The van der Waals surface area contributed by atoms with Crippen molar-refractivity contribution in [3.8, 4) is 5.75 Å². The number of carbonyl (C=O) groups excluding carboxylic acids is 4. The van der Waals surface area contributed by atoms with Crippen LogP contribution < -0.4 is 10.1 Å². The second kappa shape index (κ2) is 7.69. The minimum absolute atomic E-state index is 0.104. The summed E-state index contributed by atoms with van der Waals surface area (Å²) in [5.41, 5.74) is 0.868. The standard InChI is InChI=1S/C19H16N2O6/c1-26-13-6-4-5-12(11-13)16(22)20-19(25)27-10-9-21-17(23)14-7-2-3-8-15(14)18(21)24/h2-8,11H,9-10H2,1H3,(H,20,22,25). The Kier molecular flexibility index (Phi) is 5.16. The number of nitrogens with one attached hydrogen (secondary N) is 1. The zero-order valence-corrected chi connectivity index (χ0v) is 14.4. The summed E-state index contributed by atoms with van der Waals surface area (Å²) >= 11 is 0. The van der Waals surface area contributed by atoms with E-state index in [-0.39, 0.29) is 18.7 Å². The van der Waals surface area contributed by atoms with Gasteiger partial charge < -0.3 is 9.47 Å². The Hall–Kier alpha value is -3.68. The molecule has 8 heteroatoms. The maximum atomic E-state index is 12.2. The summed E-state index contributed by atoms with van der Waals surface area (Å²) in [7, 11) is 1.46. The van der Waals surface area contributed by atoms with Gasteiger partial charge >= 0.3 is 6.09 Å². The van der Waals surface area contributed by atoms with Crippen LogP contribution in [0.5, 0.6) is 5.75 Å². The molecule has 0 aromatic heterocycles. The Morgan fingerprint density at radius 2 is 1.67 bits per heavy atom. The fourth-order valence-corrected chi connectivity index (χ4v) is 2.64. The predicted molar refractivity (Wildman–Crippen MR) is 93.6 cm³/mol. The first-order valence-corrected chi connectivity index (χ1v) is 8.08. The maximum absolute atomic E-state index is 12.2. The highest BCUT2D eigenvalue weighted by atomic mass is 16.5. The molecule has 1 heterocycles. The van der Waals surface area contributed by atoms with Crippen molar-refractivity contribution < 1.29 is 28.7 Å². The van der Waals surface area contributed by atoms with Crippen LogP contribution in [0.2, 0.25) is 0 Å². The summed E-state index contributed by atoms with van der Waals surface area (Å²) in [5.74, 6) is -1.06. The molecule has 0 saturated heterocycles. The fourth-order valence-electron chi connectivity index (χ4n) is 2.64. The summed E-state index contributed by atoms with van der Waals surface area (Å²) in [6, 6.07) is 12.7. The van der Waals surface area contributed by atoms with Crippen LogP contribution in [0.25, 0.3) is 0 Å². The fraction of sp³-hybridized carbons (Fsp3) is 0.158. The molecule has 0 bridgehead atoms. The average molecular weight is 368 g/mol. The van der Waals surface area contributed by atoms with Gasteiger partial charge in [0, 0.05) is 5.56 Å². The van der Waals surface area contributed by atoms with Gasteiger partial charge in [-0.25, -0.2) is 4.79 Å². The molecule has 0 unspecified atom stereocenters. The largest absolute Gasteiger partial charge is 0.497 e. The van der Waals surface area contributed by atoms with Gasteiger partial charge in [0.1, 0.15) is 12.4 Å². The first-order chi connectivity index (χ1) is 13.0. The predicted octanol–water partition coefficient (Wildman–Crippen LogP) is 1.86. The Balaban J connectivity index is 1.51. The van der Waals surface area contributed by atoms with E-state index in [0.29, 0.717) is 16.9 Å². The Labute approximate surface area is 154 Å². The highest BCUT2D eigenvalue weighted by Crippen LogP contribution is 2.21. The van der Waals surface area contributed by atoms with Crippen LogP contribution in [0.4, 0.5) is 4.79 Å². The van der Waals surface area contributed by atoms with Crippen LogP contribution in [0.1, 0.15) is 31.1 Å². The van der Waals surface area contributed by atoms with Gasteiger partial charge in [0.05, 0.1) is 24.8 Å². The van der Waals surface area contributed by atoms with E-state index in [1.54, 1.807) is 36.4 Å². The molecule has 1 aliphatic heterocycles. The van der Waals surface area contributed by atoms with Crippen LogP contribution in [0, 0.1) is 0 Å². The molecule has 0 aliphatic carbocycles. The summed E-state index contributed by atoms with van der Waals surface area (Å²) < 4.78 is 9.91. The molecule has 0 saturated carbocycles.